The highest BCUT2D eigenvalue weighted by Gasteiger charge is 1.99. The first-order chi connectivity index (χ1) is 6.27. The number of halogens is 1. The van der Waals surface area contributed by atoms with Crippen LogP contribution < -0.4 is 0 Å². The molecule has 2 nitrogen and oxygen atoms in total. The van der Waals surface area contributed by atoms with Gasteiger partial charge in [-0.15, -0.1) is 0 Å². The monoisotopic (exact) mass is 182 g/mol. The first-order valence-corrected chi connectivity index (χ1v) is 3.94. The van der Waals surface area contributed by atoms with Gasteiger partial charge in [-0.2, -0.15) is 0 Å². The Balaban J connectivity index is 2.89. The maximum absolute atomic E-state index is 13.0. The lowest BCUT2D eigenvalue weighted by atomic mass is 10.1. The molecule has 0 aliphatic heterocycles. The van der Waals surface area contributed by atoms with Crippen LogP contribution in [0.15, 0.2) is 24.3 Å². The first kappa shape index (κ1) is 9.89. The molecule has 0 aliphatic carbocycles. The molecule has 0 aliphatic rings. The molecule has 0 saturated heterocycles. The molecule has 1 aromatic carbocycles. The summed E-state index contributed by atoms with van der Waals surface area (Å²) in [6, 6.07) is 4.52. The van der Waals surface area contributed by atoms with Crippen molar-refractivity contribution in [1.29, 1.82) is 0 Å². The molecule has 0 saturated carbocycles. The maximum atomic E-state index is 13.0. The van der Waals surface area contributed by atoms with Crippen molar-refractivity contribution < 1.29 is 14.6 Å². The van der Waals surface area contributed by atoms with E-state index in [2.05, 4.69) is 0 Å². The van der Waals surface area contributed by atoms with Crippen LogP contribution in [0.25, 0.3) is 6.08 Å². The van der Waals surface area contributed by atoms with E-state index in [1.807, 2.05) is 0 Å². The van der Waals surface area contributed by atoms with Gasteiger partial charge in [-0.25, -0.2) is 4.39 Å². The molecule has 0 spiro atoms. The van der Waals surface area contributed by atoms with Crippen molar-refractivity contribution in [2.24, 2.45) is 0 Å². The summed E-state index contributed by atoms with van der Waals surface area (Å²) in [4.78, 5) is 0. The predicted octanol–water partition coefficient (Wildman–Crippen LogP) is 1.32. The van der Waals surface area contributed by atoms with Crippen LogP contribution >= 0.6 is 0 Å². The van der Waals surface area contributed by atoms with Crippen LogP contribution in [0, 0.1) is 5.82 Å². The standard InChI is InChI=1S/C10H11FO2/c11-10-6-8(2-1-5-12)3-4-9(10)7-13/h1-4,6,12-13H,5,7H2. The molecule has 0 fully saturated rings. The molecule has 0 bridgehead atoms. The van der Waals surface area contributed by atoms with Gasteiger partial charge in [0, 0.05) is 5.56 Å². The third-order valence-corrected chi connectivity index (χ3v) is 1.66. The van der Waals surface area contributed by atoms with Gasteiger partial charge in [-0.05, 0) is 11.6 Å². The normalized spacial score (nSPS) is 11.0. The van der Waals surface area contributed by atoms with E-state index in [0.29, 0.717) is 5.56 Å². The van der Waals surface area contributed by atoms with E-state index < -0.39 is 5.82 Å². The fourth-order valence-corrected chi connectivity index (χ4v) is 0.984. The number of rotatable bonds is 3. The minimum Gasteiger partial charge on any atom is -0.392 e. The smallest absolute Gasteiger partial charge is 0.129 e. The highest BCUT2D eigenvalue weighted by Crippen LogP contribution is 2.11. The topological polar surface area (TPSA) is 40.5 Å². The summed E-state index contributed by atoms with van der Waals surface area (Å²) in [5.41, 5.74) is 0.949. The Hall–Kier alpha value is -1.19. The number of aliphatic hydroxyl groups is 2. The molecule has 0 heterocycles. The minimum absolute atomic E-state index is 0.0661. The maximum Gasteiger partial charge on any atom is 0.129 e. The van der Waals surface area contributed by atoms with E-state index >= 15 is 0 Å². The molecule has 0 unspecified atom stereocenters. The number of aliphatic hydroxyl groups excluding tert-OH is 2. The Morgan fingerprint density at radius 2 is 2.08 bits per heavy atom. The average Bonchev–Trinajstić information content (AvgIpc) is 2.15. The molecule has 70 valence electrons. The zero-order valence-electron chi connectivity index (χ0n) is 7.07. The molecular weight excluding hydrogens is 171 g/mol. The number of benzene rings is 1. The van der Waals surface area contributed by atoms with E-state index in [-0.39, 0.29) is 18.8 Å². The Morgan fingerprint density at radius 3 is 2.62 bits per heavy atom. The Labute approximate surface area is 76.0 Å². The first-order valence-electron chi connectivity index (χ1n) is 3.94. The van der Waals surface area contributed by atoms with Crippen LogP contribution in [0.4, 0.5) is 4.39 Å². The zero-order valence-corrected chi connectivity index (χ0v) is 7.07. The Kier molecular flexibility index (Phi) is 3.61. The zero-order chi connectivity index (χ0) is 9.68. The van der Waals surface area contributed by atoms with Crippen molar-refractivity contribution in [3.8, 4) is 0 Å². The van der Waals surface area contributed by atoms with E-state index in [0.717, 1.165) is 0 Å². The molecule has 0 radical (unpaired) electrons. The Bertz CT molecular complexity index is 308. The third-order valence-electron chi connectivity index (χ3n) is 1.66. The molecular formula is C10H11FO2. The van der Waals surface area contributed by atoms with Crippen LogP contribution in [0.2, 0.25) is 0 Å². The molecule has 2 N–H and O–H groups in total. The molecule has 3 heteroatoms. The van der Waals surface area contributed by atoms with Crippen molar-refractivity contribution in [1.82, 2.24) is 0 Å². The second-order valence-electron chi connectivity index (χ2n) is 2.59. The fourth-order valence-electron chi connectivity index (χ4n) is 0.984. The van der Waals surface area contributed by atoms with Gasteiger partial charge >= 0.3 is 0 Å². The lowest BCUT2D eigenvalue weighted by Crippen LogP contribution is -1.89. The van der Waals surface area contributed by atoms with Crippen molar-refractivity contribution >= 4 is 6.08 Å². The second-order valence-corrected chi connectivity index (χ2v) is 2.59. The summed E-state index contributed by atoms with van der Waals surface area (Å²) in [5, 5.41) is 17.2. The minimum atomic E-state index is -0.428. The van der Waals surface area contributed by atoms with Gasteiger partial charge in [-0.1, -0.05) is 24.3 Å². The third kappa shape index (κ3) is 2.65. The summed E-state index contributed by atoms with van der Waals surface area (Å²) in [6.07, 6.45) is 3.14. The molecule has 0 amide bonds. The largest absolute Gasteiger partial charge is 0.392 e. The van der Waals surface area contributed by atoms with Gasteiger partial charge < -0.3 is 10.2 Å². The van der Waals surface area contributed by atoms with Crippen LogP contribution in [-0.4, -0.2) is 16.8 Å². The van der Waals surface area contributed by atoms with E-state index in [9.17, 15) is 4.39 Å². The van der Waals surface area contributed by atoms with Gasteiger partial charge in [-0.3, -0.25) is 0 Å². The summed E-state index contributed by atoms with van der Waals surface area (Å²) < 4.78 is 13.0. The van der Waals surface area contributed by atoms with Gasteiger partial charge in [0.1, 0.15) is 5.82 Å². The predicted molar refractivity (Wildman–Crippen MR) is 48.4 cm³/mol. The summed E-state index contributed by atoms with van der Waals surface area (Å²) in [6.45, 7) is -0.362. The van der Waals surface area contributed by atoms with E-state index in [1.54, 1.807) is 12.1 Å². The van der Waals surface area contributed by atoms with Crippen LogP contribution in [0.3, 0.4) is 0 Å². The summed E-state index contributed by atoms with van der Waals surface area (Å²) >= 11 is 0. The van der Waals surface area contributed by atoms with Crippen LogP contribution in [-0.2, 0) is 6.61 Å². The van der Waals surface area contributed by atoms with Crippen molar-refractivity contribution in [2.45, 2.75) is 6.61 Å². The van der Waals surface area contributed by atoms with Crippen molar-refractivity contribution in [2.75, 3.05) is 6.61 Å². The van der Waals surface area contributed by atoms with Crippen molar-refractivity contribution in [3.05, 3.63) is 41.2 Å². The lowest BCUT2D eigenvalue weighted by Gasteiger charge is -1.99. The number of hydrogen-bond acceptors (Lipinski definition) is 2. The van der Waals surface area contributed by atoms with Crippen molar-refractivity contribution in [3.63, 3.8) is 0 Å². The second kappa shape index (κ2) is 4.74. The molecule has 13 heavy (non-hydrogen) atoms. The Morgan fingerprint density at radius 1 is 1.31 bits per heavy atom. The average molecular weight is 182 g/mol. The van der Waals surface area contributed by atoms with E-state index in [4.69, 9.17) is 10.2 Å². The summed E-state index contributed by atoms with van der Waals surface area (Å²) in [5.74, 6) is -0.428. The highest BCUT2D eigenvalue weighted by molar-refractivity contribution is 5.49. The fraction of sp³-hybridized carbons (Fsp3) is 0.200. The molecule has 0 atom stereocenters. The molecule has 1 rings (SSSR count). The highest BCUT2D eigenvalue weighted by atomic mass is 19.1. The van der Waals surface area contributed by atoms with Gasteiger partial charge in [0.15, 0.2) is 0 Å². The summed E-state index contributed by atoms with van der Waals surface area (Å²) in [7, 11) is 0. The van der Waals surface area contributed by atoms with Gasteiger partial charge in [0.2, 0.25) is 0 Å². The van der Waals surface area contributed by atoms with Crippen LogP contribution in [0.5, 0.6) is 0 Å². The van der Waals surface area contributed by atoms with Crippen LogP contribution in [0.1, 0.15) is 11.1 Å². The molecule has 1 aromatic rings. The van der Waals surface area contributed by atoms with Gasteiger partial charge in [0.05, 0.1) is 13.2 Å². The quantitative estimate of drug-likeness (QED) is 0.740. The lowest BCUT2D eigenvalue weighted by molar-refractivity contribution is 0.275. The van der Waals surface area contributed by atoms with E-state index in [1.165, 1.54) is 18.2 Å². The SMILES string of the molecule is OCC=Cc1ccc(CO)c(F)c1. The molecule has 0 aromatic heterocycles. The van der Waals surface area contributed by atoms with Gasteiger partial charge in [0.25, 0.3) is 0 Å². The number of hydrogen-bond donors (Lipinski definition) is 2.